The van der Waals surface area contributed by atoms with Crippen LogP contribution in [0.5, 0.6) is 0 Å². The molecule has 0 amide bonds. The fraction of sp³-hybridized carbons (Fsp3) is 0.625. The van der Waals surface area contributed by atoms with Crippen LogP contribution in [-0.4, -0.2) is 36.2 Å². The third kappa shape index (κ3) is 7.08. The first-order valence-corrected chi connectivity index (χ1v) is 4.09. The zero-order valence-corrected chi connectivity index (χ0v) is 7.82. The first-order chi connectivity index (χ1) is 6.56. The van der Waals surface area contributed by atoms with E-state index in [4.69, 9.17) is 5.11 Å². The molecule has 0 aromatic carbocycles. The normalized spacial score (nSPS) is 9.21. The van der Waals surface area contributed by atoms with Gasteiger partial charge >= 0.3 is 12.1 Å². The van der Waals surface area contributed by atoms with Crippen molar-refractivity contribution in [1.82, 2.24) is 0 Å². The van der Waals surface area contributed by atoms with E-state index in [-0.39, 0.29) is 19.4 Å². The number of carboxylic acids is 1. The quantitative estimate of drug-likeness (QED) is 0.637. The Bertz CT molecular complexity index is 222. The van der Waals surface area contributed by atoms with Gasteiger partial charge in [0.2, 0.25) is 0 Å². The molecule has 0 saturated carbocycles. The molecule has 6 heteroatoms. The standard InChI is InChI=1S/C8H12O6/c1-2-13-8(12)14-5-6(9)3-4-7(10)11/h2-5H2,1H3,(H,10,11). The number of carboxylic acid groups (broad SMARTS) is 1. The molecular weight excluding hydrogens is 192 g/mol. The zero-order valence-electron chi connectivity index (χ0n) is 7.82. The van der Waals surface area contributed by atoms with E-state index in [0.29, 0.717) is 0 Å². The summed E-state index contributed by atoms with van der Waals surface area (Å²) in [4.78, 5) is 31.5. The second-order valence-electron chi connectivity index (χ2n) is 2.40. The number of rotatable bonds is 6. The van der Waals surface area contributed by atoms with Gasteiger partial charge in [-0.2, -0.15) is 0 Å². The number of ketones is 1. The van der Waals surface area contributed by atoms with Crippen LogP contribution >= 0.6 is 0 Å². The summed E-state index contributed by atoms with van der Waals surface area (Å²) in [6, 6.07) is 0. The van der Waals surface area contributed by atoms with Gasteiger partial charge in [-0.05, 0) is 6.92 Å². The van der Waals surface area contributed by atoms with Crippen LogP contribution in [0.3, 0.4) is 0 Å². The number of carbonyl (C=O) groups is 3. The first-order valence-electron chi connectivity index (χ1n) is 4.09. The molecule has 0 aromatic rings. The fourth-order valence-electron chi connectivity index (χ4n) is 0.617. The van der Waals surface area contributed by atoms with Crippen molar-refractivity contribution < 1.29 is 29.0 Å². The molecule has 6 nitrogen and oxygen atoms in total. The minimum Gasteiger partial charge on any atom is -0.481 e. The fourth-order valence-corrected chi connectivity index (χ4v) is 0.617. The van der Waals surface area contributed by atoms with Crippen molar-refractivity contribution in [3.63, 3.8) is 0 Å². The van der Waals surface area contributed by atoms with E-state index < -0.39 is 24.5 Å². The number of aliphatic carboxylic acids is 1. The van der Waals surface area contributed by atoms with Gasteiger partial charge in [0, 0.05) is 6.42 Å². The Labute approximate surface area is 80.8 Å². The maximum absolute atomic E-state index is 10.9. The highest BCUT2D eigenvalue weighted by Crippen LogP contribution is 1.93. The molecule has 80 valence electrons. The lowest BCUT2D eigenvalue weighted by molar-refractivity contribution is -0.138. The topological polar surface area (TPSA) is 89.9 Å². The largest absolute Gasteiger partial charge is 0.508 e. The molecule has 0 bridgehead atoms. The van der Waals surface area contributed by atoms with Gasteiger partial charge in [0.25, 0.3) is 0 Å². The Morgan fingerprint density at radius 3 is 2.29 bits per heavy atom. The molecule has 0 aromatic heterocycles. The third-order valence-corrected chi connectivity index (χ3v) is 1.23. The summed E-state index contributed by atoms with van der Waals surface area (Å²) in [6.45, 7) is 1.34. The molecule has 14 heavy (non-hydrogen) atoms. The monoisotopic (exact) mass is 204 g/mol. The van der Waals surface area contributed by atoms with E-state index in [1.54, 1.807) is 6.92 Å². The predicted molar refractivity (Wildman–Crippen MR) is 44.9 cm³/mol. The Kier molecular flexibility index (Phi) is 6.09. The lowest BCUT2D eigenvalue weighted by atomic mass is 10.2. The molecule has 0 rings (SSSR count). The van der Waals surface area contributed by atoms with E-state index in [9.17, 15) is 14.4 Å². The summed E-state index contributed by atoms with van der Waals surface area (Å²) in [6.07, 6.45) is -1.32. The average molecular weight is 204 g/mol. The predicted octanol–water partition coefficient (Wildman–Crippen LogP) is 0.593. The van der Waals surface area contributed by atoms with Crippen molar-refractivity contribution >= 4 is 17.9 Å². The van der Waals surface area contributed by atoms with Crippen LogP contribution in [0.2, 0.25) is 0 Å². The highest BCUT2D eigenvalue weighted by molar-refractivity contribution is 5.84. The van der Waals surface area contributed by atoms with Crippen LogP contribution in [0.15, 0.2) is 0 Å². The van der Waals surface area contributed by atoms with Crippen molar-refractivity contribution in [1.29, 1.82) is 0 Å². The molecule has 0 fully saturated rings. The van der Waals surface area contributed by atoms with Crippen LogP contribution in [0, 0.1) is 0 Å². The summed E-state index contributed by atoms with van der Waals surface area (Å²) in [5.41, 5.74) is 0. The highest BCUT2D eigenvalue weighted by atomic mass is 16.7. The van der Waals surface area contributed by atoms with Crippen molar-refractivity contribution in [2.45, 2.75) is 19.8 Å². The maximum Gasteiger partial charge on any atom is 0.508 e. The molecule has 0 spiro atoms. The van der Waals surface area contributed by atoms with Gasteiger partial charge in [0.15, 0.2) is 12.4 Å². The van der Waals surface area contributed by atoms with E-state index in [1.165, 1.54) is 0 Å². The van der Waals surface area contributed by atoms with Gasteiger partial charge in [0.1, 0.15) is 0 Å². The Hall–Kier alpha value is -1.59. The van der Waals surface area contributed by atoms with E-state index in [1.807, 2.05) is 0 Å². The lowest BCUT2D eigenvalue weighted by Crippen LogP contribution is -2.15. The van der Waals surface area contributed by atoms with E-state index in [2.05, 4.69) is 9.47 Å². The molecule has 0 aliphatic rings. The summed E-state index contributed by atoms with van der Waals surface area (Å²) in [5, 5.41) is 8.24. The van der Waals surface area contributed by atoms with Gasteiger partial charge < -0.3 is 14.6 Å². The molecule has 1 N–H and O–H groups in total. The first kappa shape index (κ1) is 12.4. The lowest BCUT2D eigenvalue weighted by Gasteiger charge is -2.02. The van der Waals surface area contributed by atoms with Gasteiger partial charge in [-0.15, -0.1) is 0 Å². The van der Waals surface area contributed by atoms with Crippen LogP contribution in [-0.2, 0) is 19.1 Å². The van der Waals surface area contributed by atoms with Crippen molar-refractivity contribution in [3.05, 3.63) is 0 Å². The van der Waals surface area contributed by atoms with Crippen LogP contribution in [0.1, 0.15) is 19.8 Å². The second kappa shape index (κ2) is 6.88. The molecular formula is C8H12O6. The second-order valence-corrected chi connectivity index (χ2v) is 2.40. The van der Waals surface area contributed by atoms with Crippen LogP contribution in [0.25, 0.3) is 0 Å². The minimum atomic E-state index is -1.06. The van der Waals surface area contributed by atoms with Gasteiger partial charge in [-0.3, -0.25) is 9.59 Å². The Morgan fingerprint density at radius 1 is 1.14 bits per heavy atom. The van der Waals surface area contributed by atoms with Crippen LogP contribution in [0.4, 0.5) is 4.79 Å². The number of Topliss-reactive ketones (excluding diaryl/α,β-unsaturated/α-hetero) is 1. The summed E-state index contributed by atoms with van der Waals surface area (Å²) >= 11 is 0. The maximum atomic E-state index is 10.9. The molecule has 0 aliphatic heterocycles. The molecule has 0 radical (unpaired) electrons. The average Bonchev–Trinajstić information content (AvgIpc) is 2.12. The smallest absolute Gasteiger partial charge is 0.481 e. The molecule has 0 aliphatic carbocycles. The SMILES string of the molecule is CCOC(=O)OCC(=O)CCC(=O)O. The Balaban J connectivity index is 3.53. The molecule has 0 atom stereocenters. The van der Waals surface area contributed by atoms with Gasteiger partial charge in [0.05, 0.1) is 13.0 Å². The minimum absolute atomic E-state index is 0.144. The summed E-state index contributed by atoms with van der Waals surface area (Å²) in [7, 11) is 0. The molecule has 0 heterocycles. The highest BCUT2D eigenvalue weighted by Gasteiger charge is 2.09. The van der Waals surface area contributed by atoms with Crippen LogP contribution < -0.4 is 0 Å². The molecule has 0 saturated heterocycles. The van der Waals surface area contributed by atoms with E-state index >= 15 is 0 Å². The Morgan fingerprint density at radius 2 is 1.79 bits per heavy atom. The number of carbonyl (C=O) groups excluding carboxylic acids is 2. The number of ether oxygens (including phenoxy) is 2. The van der Waals surface area contributed by atoms with Crippen molar-refractivity contribution in [3.8, 4) is 0 Å². The van der Waals surface area contributed by atoms with Crippen molar-refractivity contribution in [2.75, 3.05) is 13.2 Å². The van der Waals surface area contributed by atoms with Gasteiger partial charge in [-0.1, -0.05) is 0 Å². The van der Waals surface area contributed by atoms with Gasteiger partial charge in [-0.25, -0.2) is 4.79 Å². The molecule has 0 unspecified atom stereocenters. The number of hydrogen-bond acceptors (Lipinski definition) is 5. The number of hydrogen-bond donors (Lipinski definition) is 1. The zero-order chi connectivity index (χ0) is 11.0. The third-order valence-electron chi connectivity index (χ3n) is 1.23. The summed E-state index contributed by atoms with van der Waals surface area (Å²) < 4.78 is 8.76. The van der Waals surface area contributed by atoms with Crippen molar-refractivity contribution in [2.24, 2.45) is 0 Å². The summed E-state index contributed by atoms with van der Waals surface area (Å²) in [5.74, 6) is -1.50. The van der Waals surface area contributed by atoms with E-state index in [0.717, 1.165) is 0 Å².